The molecule has 0 saturated carbocycles. The summed E-state index contributed by atoms with van der Waals surface area (Å²) in [4.78, 5) is 16.4. The van der Waals surface area contributed by atoms with E-state index in [0.717, 1.165) is 37.5 Å². The van der Waals surface area contributed by atoms with Gasteiger partial charge in [-0.05, 0) is 17.7 Å². The zero-order chi connectivity index (χ0) is 17.5. The van der Waals surface area contributed by atoms with Gasteiger partial charge < -0.3 is 14.8 Å². The number of nitrogens with zero attached hydrogens (tertiary/aromatic N) is 2. The van der Waals surface area contributed by atoms with Crippen LogP contribution in [0.25, 0.3) is 0 Å². The van der Waals surface area contributed by atoms with Gasteiger partial charge in [-0.2, -0.15) is 0 Å². The van der Waals surface area contributed by atoms with Crippen molar-refractivity contribution in [1.29, 1.82) is 0 Å². The van der Waals surface area contributed by atoms with Gasteiger partial charge in [0.2, 0.25) is 5.91 Å². The highest BCUT2D eigenvalue weighted by Gasteiger charge is 2.21. The van der Waals surface area contributed by atoms with Gasteiger partial charge in [-0.15, -0.1) is 0 Å². The fourth-order valence-corrected chi connectivity index (χ4v) is 3.01. The van der Waals surface area contributed by atoms with E-state index in [-0.39, 0.29) is 5.91 Å². The van der Waals surface area contributed by atoms with E-state index in [0.29, 0.717) is 19.6 Å². The van der Waals surface area contributed by atoms with E-state index in [9.17, 15) is 9.90 Å². The Hall–Kier alpha value is -2.15. The van der Waals surface area contributed by atoms with Crippen LogP contribution in [0.3, 0.4) is 0 Å². The molecule has 1 aliphatic heterocycles. The Morgan fingerprint density at radius 2 is 1.80 bits per heavy atom. The SMILES string of the molecule is O=C(CN1CCN(C[C@@H](O)c2ccccc2)CC1)NCc1ccco1. The lowest BCUT2D eigenvalue weighted by Gasteiger charge is -2.35. The van der Waals surface area contributed by atoms with Crippen LogP contribution in [-0.2, 0) is 11.3 Å². The lowest BCUT2D eigenvalue weighted by Crippen LogP contribution is -2.50. The van der Waals surface area contributed by atoms with Crippen molar-refractivity contribution in [2.75, 3.05) is 39.3 Å². The summed E-state index contributed by atoms with van der Waals surface area (Å²) < 4.78 is 5.20. The molecule has 6 heteroatoms. The molecule has 1 fully saturated rings. The first-order chi connectivity index (χ1) is 12.2. The molecule has 0 spiro atoms. The second-order valence-electron chi connectivity index (χ2n) is 6.36. The van der Waals surface area contributed by atoms with Crippen LogP contribution in [-0.4, -0.2) is 60.1 Å². The molecule has 2 heterocycles. The van der Waals surface area contributed by atoms with E-state index in [1.54, 1.807) is 6.26 Å². The van der Waals surface area contributed by atoms with Crippen LogP contribution < -0.4 is 5.32 Å². The maximum absolute atomic E-state index is 12.0. The first kappa shape index (κ1) is 17.7. The predicted octanol–water partition coefficient (Wildman–Crippen LogP) is 1.25. The van der Waals surface area contributed by atoms with Crippen LogP contribution in [0.4, 0.5) is 0 Å². The Morgan fingerprint density at radius 3 is 2.48 bits per heavy atom. The topological polar surface area (TPSA) is 69.0 Å². The third kappa shape index (κ3) is 5.42. The summed E-state index contributed by atoms with van der Waals surface area (Å²) in [6.07, 6.45) is 1.13. The number of carbonyl (C=O) groups is 1. The van der Waals surface area contributed by atoms with E-state index in [2.05, 4.69) is 15.1 Å². The number of carbonyl (C=O) groups excluding carboxylic acids is 1. The maximum Gasteiger partial charge on any atom is 0.234 e. The Morgan fingerprint density at radius 1 is 1.08 bits per heavy atom. The second-order valence-corrected chi connectivity index (χ2v) is 6.36. The fraction of sp³-hybridized carbons (Fsp3) is 0.421. The summed E-state index contributed by atoms with van der Waals surface area (Å²) >= 11 is 0. The average molecular weight is 343 g/mol. The zero-order valence-electron chi connectivity index (χ0n) is 14.3. The molecular formula is C19H25N3O3. The van der Waals surface area contributed by atoms with Crippen LogP contribution in [0.5, 0.6) is 0 Å². The number of β-amino-alcohol motifs (C(OH)–C–C–N with tert-alkyl or cyclic N) is 1. The minimum atomic E-state index is -0.468. The molecule has 25 heavy (non-hydrogen) atoms. The molecule has 0 aliphatic carbocycles. The number of piperazine rings is 1. The summed E-state index contributed by atoms with van der Waals surface area (Å²) in [7, 11) is 0. The van der Waals surface area contributed by atoms with Crippen molar-refractivity contribution in [1.82, 2.24) is 15.1 Å². The van der Waals surface area contributed by atoms with Crippen molar-refractivity contribution in [3.63, 3.8) is 0 Å². The van der Waals surface area contributed by atoms with Gasteiger partial charge in [0.25, 0.3) is 0 Å². The quantitative estimate of drug-likeness (QED) is 0.792. The minimum absolute atomic E-state index is 0.00849. The monoisotopic (exact) mass is 343 g/mol. The molecule has 1 aliphatic rings. The van der Waals surface area contributed by atoms with Crippen LogP contribution in [0.15, 0.2) is 53.1 Å². The molecule has 0 unspecified atom stereocenters. The van der Waals surface area contributed by atoms with Crippen molar-refractivity contribution in [2.45, 2.75) is 12.6 Å². The van der Waals surface area contributed by atoms with Crippen molar-refractivity contribution in [2.24, 2.45) is 0 Å². The van der Waals surface area contributed by atoms with Gasteiger partial charge in [0.15, 0.2) is 0 Å². The van der Waals surface area contributed by atoms with Gasteiger partial charge >= 0.3 is 0 Å². The number of aliphatic hydroxyl groups excluding tert-OH is 1. The molecule has 2 aromatic rings. The summed E-state index contributed by atoms with van der Waals surface area (Å²) in [6.45, 7) is 4.82. The molecule has 134 valence electrons. The van der Waals surface area contributed by atoms with Crippen LogP contribution >= 0.6 is 0 Å². The molecular weight excluding hydrogens is 318 g/mol. The first-order valence-corrected chi connectivity index (χ1v) is 8.67. The molecule has 1 atom stereocenters. The lowest BCUT2D eigenvalue weighted by atomic mass is 10.1. The van der Waals surface area contributed by atoms with E-state index in [1.165, 1.54) is 0 Å². The molecule has 6 nitrogen and oxygen atoms in total. The Balaban J connectivity index is 1.36. The summed E-state index contributed by atoms with van der Waals surface area (Å²) in [5.74, 6) is 0.766. The van der Waals surface area contributed by atoms with Crippen LogP contribution in [0.1, 0.15) is 17.4 Å². The Kier molecular flexibility index (Phi) is 6.22. The van der Waals surface area contributed by atoms with Gasteiger partial charge in [-0.25, -0.2) is 0 Å². The van der Waals surface area contributed by atoms with E-state index >= 15 is 0 Å². The number of furan rings is 1. The molecule has 1 aromatic carbocycles. The van der Waals surface area contributed by atoms with Gasteiger partial charge in [-0.1, -0.05) is 30.3 Å². The highest BCUT2D eigenvalue weighted by molar-refractivity contribution is 5.77. The van der Waals surface area contributed by atoms with E-state index < -0.39 is 6.10 Å². The molecule has 3 rings (SSSR count). The standard InChI is InChI=1S/C19H25N3O3/c23-18(16-5-2-1-3-6-16)14-21-8-10-22(11-9-21)15-19(24)20-13-17-7-4-12-25-17/h1-7,12,18,23H,8-11,13-15H2,(H,20,24)/t18-/m1/s1. The van der Waals surface area contributed by atoms with Crippen molar-refractivity contribution in [3.8, 4) is 0 Å². The molecule has 1 aromatic heterocycles. The number of rotatable bonds is 7. The largest absolute Gasteiger partial charge is 0.467 e. The molecule has 1 amide bonds. The smallest absolute Gasteiger partial charge is 0.234 e. The predicted molar refractivity (Wildman–Crippen MR) is 94.8 cm³/mol. The summed E-state index contributed by atoms with van der Waals surface area (Å²) in [5, 5.41) is 13.2. The van der Waals surface area contributed by atoms with Gasteiger partial charge in [-0.3, -0.25) is 14.6 Å². The maximum atomic E-state index is 12.0. The van der Waals surface area contributed by atoms with Gasteiger partial charge in [0, 0.05) is 32.7 Å². The number of hydrogen-bond acceptors (Lipinski definition) is 5. The normalized spacial score (nSPS) is 17.3. The zero-order valence-corrected chi connectivity index (χ0v) is 14.3. The summed E-state index contributed by atoms with van der Waals surface area (Å²) in [5.41, 5.74) is 0.947. The molecule has 1 saturated heterocycles. The average Bonchev–Trinajstić information content (AvgIpc) is 3.16. The van der Waals surface area contributed by atoms with Crippen molar-refractivity contribution < 1.29 is 14.3 Å². The van der Waals surface area contributed by atoms with Crippen molar-refractivity contribution >= 4 is 5.91 Å². The minimum Gasteiger partial charge on any atom is -0.467 e. The van der Waals surface area contributed by atoms with Crippen molar-refractivity contribution in [3.05, 3.63) is 60.1 Å². The van der Waals surface area contributed by atoms with Gasteiger partial charge in [0.1, 0.15) is 5.76 Å². The van der Waals surface area contributed by atoms with E-state index in [1.807, 2.05) is 42.5 Å². The number of benzene rings is 1. The van der Waals surface area contributed by atoms with Crippen LogP contribution in [0, 0.1) is 0 Å². The second kappa shape index (κ2) is 8.80. The highest BCUT2D eigenvalue weighted by Crippen LogP contribution is 2.14. The molecule has 2 N–H and O–H groups in total. The third-order valence-corrected chi connectivity index (χ3v) is 4.49. The fourth-order valence-electron chi connectivity index (χ4n) is 3.01. The van der Waals surface area contributed by atoms with Gasteiger partial charge in [0.05, 0.1) is 25.5 Å². The van der Waals surface area contributed by atoms with Crippen LogP contribution in [0.2, 0.25) is 0 Å². The molecule has 0 bridgehead atoms. The Labute approximate surface area is 148 Å². The number of hydrogen-bond donors (Lipinski definition) is 2. The summed E-state index contributed by atoms with van der Waals surface area (Å²) in [6, 6.07) is 13.4. The lowest BCUT2D eigenvalue weighted by molar-refractivity contribution is -0.123. The third-order valence-electron chi connectivity index (χ3n) is 4.49. The van der Waals surface area contributed by atoms with E-state index in [4.69, 9.17) is 4.42 Å². The highest BCUT2D eigenvalue weighted by atomic mass is 16.3. The Bertz CT molecular complexity index is 637. The number of amides is 1. The number of nitrogens with one attached hydrogen (secondary N) is 1. The molecule has 0 radical (unpaired) electrons. The number of aliphatic hydroxyl groups is 1. The first-order valence-electron chi connectivity index (χ1n) is 8.67.